The number of ether oxygens (including phenoxy) is 3. The van der Waals surface area contributed by atoms with Gasteiger partial charge in [-0.2, -0.15) is 0 Å². The van der Waals surface area contributed by atoms with E-state index in [-0.39, 0.29) is 5.91 Å². The lowest BCUT2D eigenvalue weighted by atomic mass is 10.1. The summed E-state index contributed by atoms with van der Waals surface area (Å²) in [5.41, 5.74) is 3.07. The first-order chi connectivity index (χ1) is 14.5. The zero-order valence-corrected chi connectivity index (χ0v) is 18.5. The number of aromatic nitrogens is 1. The van der Waals surface area contributed by atoms with E-state index in [4.69, 9.17) is 14.2 Å². The number of anilines is 1. The molecule has 2 aromatic carbocycles. The van der Waals surface area contributed by atoms with Crippen LogP contribution in [0.4, 0.5) is 5.69 Å². The number of aryl methyl sites for hydroxylation is 1. The van der Waals surface area contributed by atoms with E-state index in [1.165, 1.54) is 0 Å². The number of nitrogens with one attached hydrogen (secondary N) is 1. The summed E-state index contributed by atoms with van der Waals surface area (Å²) in [5, 5.41) is 5.97. The lowest BCUT2D eigenvalue weighted by Crippen LogP contribution is -2.13. The van der Waals surface area contributed by atoms with Crippen molar-refractivity contribution in [2.24, 2.45) is 0 Å². The maximum atomic E-state index is 12.9. The van der Waals surface area contributed by atoms with Crippen LogP contribution in [-0.2, 0) is 0 Å². The van der Waals surface area contributed by atoms with Crippen LogP contribution in [0.3, 0.4) is 0 Å². The normalized spacial score (nSPS) is 10.5. The number of nitrogens with zero attached hydrogens (tertiary/aromatic N) is 1. The van der Waals surface area contributed by atoms with Crippen molar-refractivity contribution in [1.82, 2.24) is 4.98 Å². The molecule has 30 heavy (non-hydrogen) atoms. The van der Waals surface area contributed by atoms with Gasteiger partial charge in [0.1, 0.15) is 0 Å². The predicted octanol–water partition coefficient (Wildman–Crippen LogP) is 5.57. The highest BCUT2D eigenvalue weighted by atomic mass is 32.1. The third-order valence-electron chi connectivity index (χ3n) is 4.23. The summed E-state index contributed by atoms with van der Waals surface area (Å²) < 4.78 is 17.1. The zero-order chi connectivity index (χ0) is 21.5. The van der Waals surface area contributed by atoms with E-state index in [2.05, 4.69) is 10.3 Å². The second-order valence-corrected chi connectivity index (χ2v) is 7.45. The van der Waals surface area contributed by atoms with Crippen LogP contribution in [0, 0.1) is 6.92 Å². The van der Waals surface area contributed by atoms with E-state index in [9.17, 15) is 4.79 Å². The SMILES string of the molecule is CCOc1cc(C(=O)Nc2ccc(-c3csc(C)n3)cc2)cc(OCC)c1OCC. The molecule has 0 bridgehead atoms. The molecule has 0 spiro atoms. The minimum atomic E-state index is -0.253. The lowest BCUT2D eigenvalue weighted by Gasteiger charge is -2.17. The van der Waals surface area contributed by atoms with Crippen LogP contribution >= 0.6 is 11.3 Å². The molecule has 3 aromatic rings. The van der Waals surface area contributed by atoms with Crippen molar-refractivity contribution in [3.05, 3.63) is 52.3 Å². The lowest BCUT2D eigenvalue weighted by molar-refractivity contribution is 0.102. The van der Waals surface area contributed by atoms with E-state index in [1.807, 2.05) is 57.3 Å². The molecule has 0 saturated carbocycles. The highest BCUT2D eigenvalue weighted by Crippen LogP contribution is 2.39. The Hall–Kier alpha value is -3.06. The van der Waals surface area contributed by atoms with Crippen molar-refractivity contribution in [1.29, 1.82) is 0 Å². The molecule has 3 rings (SSSR count). The fraction of sp³-hybridized carbons (Fsp3) is 0.304. The Morgan fingerprint density at radius 1 is 0.967 bits per heavy atom. The molecule has 0 unspecified atom stereocenters. The number of hydrogen-bond acceptors (Lipinski definition) is 6. The molecule has 7 heteroatoms. The summed E-state index contributed by atoms with van der Waals surface area (Å²) in [5.74, 6) is 1.24. The van der Waals surface area contributed by atoms with Gasteiger partial charge in [0, 0.05) is 22.2 Å². The minimum Gasteiger partial charge on any atom is -0.490 e. The van der Waals surface area contributed by atoms with Gasteiger partial charge in [0.25, 0.3) is 5.91 Å². The highest BCUT2D eigenvalue weighted by Gasteiger charge is 2.18. The van der Waals surface area contributed by atoms with Gasteiger partial charge in [-0.1, -0.05) is 12.1 Å². The molecule has 0 fully saturated rings. The molecule has 1 aromatic heterocycles. The predicted molar refractivity (Wildman–Crippen MR) is 120 cm³/mol. The second kappa shape index (κ2) is 10.1. The Balaban J connectivity index is 1.83. The number of thiazole rings is 1. The highest BCUT2D eigenvalue weighted by molar-refractivity contribution is 7.09. The summed E-state index contributed by atoms with van der Waals surface area (Å²) in [4.78, 5) is 17.4. The smallest absolute Gasteiger partial charge is 0.255 e. The van der Waals surface area contributed by atoms with Crippen LogP contribution in [0.15, 0.2) is 41.8 Å². The first-order valence-corrected chi connectivity index (χ1v) is 10.8. The van der Waals surface area contributed by atoms with Crippen LogP contribution in [0.5, 0.6) is 17.2 Å². The van der Waals surface area contributed by atoms with E-state index in [0.717, 1.165) is 16.3 Å². The number of hydrogen-bond donors (Lipinski definition) is 1. The topological polar surface area (TPSA) is 69.7 Å². The number of carbonyl (C=O) groups excluding carboxylic acids is 1. The quantitative estimate of drug-likeness (QED) is 0.485. The Morgan fingerprint density at radius 2 is 1.57 bits per heavy atom. The molecule has 1 amide bonds. The molecular formula is C23H26N2O4S. The Bertz CT molecular complexity index is 972. The fourth-order valence-corrected chi connectivity index (χ4v) is 3.57. The molecule has 0 aliphatic carbocycles. The Labute approximate surface area is 180 Å². The van der Waals surface area contributed by atoms with Crippen molar-refractivity contribution < 1.29 is 19.0 Å². The van der Waals surface area contributed by atoms with Crippen molar-refractivity contribution >= 4 is 22.9 Å². The van der Waals surface area contributed by atoms with Crippen LogP contribution < -0.4 is 19.5 Å². The van der Waals surface area contributed by atoms with Gasteiger partial charge in [0.2, 0.25) is 5.75 Å². The first kappa shape index (κ1) is 21.6. The van der Waals surface area contributed by atoms with Crippen LogP contribution in [0.25, 0.3) is 11.3 Å². The second-order valence-electron chi connectivity index (χ2n) is 6.38. The maximum Gasteiger partial charge on any atom is 0.255 e. The minimum absolute atomic E-state index is 0.253. The standard InChI is InChI=1S/C23H26N2O4S/c1-5-27-20-12-17(13-21(28-6-2)22(20)29-7-3)23(26)25-18-10-8-16(9-11-18)19-14-30-15(4)24-19/h8-14H,5-7H2,1-4H3,(H,25,26). The molecular weight excluding hydrogens is 400 g/mol. The number of benzene rings is 2. The van der Waals surface area contributed by atoms with E-state index in [1.54, 1.807) is 23.5 Å². The van der Waals surface area contributed by atoms with E-state index >= 15 is 0 Å². The molecule has 158 valence electrons. The van der Waals surface area contributed by atoms with Gasteiger partial charge >= 0.3 is 0 Å². The Morgan fingerprint density at radius 3 is 2.07 bits per heavy atom. The molecule has 0 aliphatic rings. The van der Waals surface area contributed by atoms with Gasteiger partial charge in [-0.05, 0) is 52.0 Å². The molecule has 0 aliphatic heterocycles. The van der Waals surface area contributed by atoms with Crippen molar-refractivity contribution in [2.75, 3.05) is 25.1 Å². The van der Waals surface area contributed by atoms with Gasteiger partial charge < -0.3 is 19.5 Å². The average Bonchev–Trinajstić information content (AvgIpc) is 3.17. The van der Waals surface area contributed by atoms with Gasteiger partial charge in [0.05, 0.1) is 30.5 Å². The summed E-state index contributed by atoms with van der Waals surface area (Å²) in [6, 6.07) is 11.0. The van der Waals surface area contributed by atoms with Crippen LogP contribution in [-0.4, -0.2) is 30.7 Å². The first-order valence-electron chi connectivity index (χ1n) is 9.96. The third kappa shape index (κ3) is 5.10. The van der Waals surface area contributed by atoms with Gasteiger partial charge in [-0.15, -0.1) is 11.3 Å². The summed E-state index contributed by atoms with van der Waals surface area (Å²) in [7, 11) is 0. The maximum absolute atomic E-state index is 12.9. The molecule has 0 radical (unpaired) electrons. The van der Waals surface area contributed by atoms with Crippen LogP contribution in [0.1, 0.15) is 36.1 Å². The average molecular weight is 427 g/mol. The monoisotopic (exact) mass is 426 g/mol. The van der Waals surface area contributed by atoms with Crippen molar-refractivity contribution in [3.8, 4) is 28.5 Å². The van der Waals surface area contributed by atoms with Crippen molar-refractivity contribution in [3.63, 3.8) is 0 Å². The molecule has 0 atom stereocenters. The molecule has 6 nitrogen and oxygen atoms in total. The third-order valence-corrected chi connectivity index (χ3v) is 5.00. The molecule has 1 heterocycles. The summed E-state index contributed by atoms with van der Waals surface area (Å²) in [6.07, 6.45) is 0. The van der Waals surface area contributed by atoms with E-state index in [0.29, 0.717) is 48.3 Å². The summed E-state index contributed by atoms with van der Waals surface area (Å²) >= 11 is 1.61. The largest absolute Gasteiger partial charge is 0.490 e. The fourth-order valence-electron chi connectivity index (χ4n) is 2.94. The summed E-state index contributed by atoms with van der Waals surface area (Å²) in [6.45, 7) is 9.01. The number of rotatable bonds is 9. The Kier molecular flexibility index (Phi) is 7.30. The van der Waals surface area contributed by atoms with Gasteiger partial charge in [-0.3, -0.25) is 4.79 Å². The zero-order valence-electron chi connectivity index (χ0n) is 17.7. The number of carbonyl (C=O) groups is 1. The van der Waals surface area contributed by atoms with Crippen LogP contribution in [0.2, 0.25) is 0 Å². The molecule has 0 saturated heterocycles. The number of amides is 1. The van der Waals surface area contributed by atoms with Gasteiger partial charge in [-0.25, -0.2) is 4.98 Å². The molecule has 1 N–H and O–H groups in total. The van der Waals surface area contributed by atoms with Gasteiger partial charge in [0.15, 0.2) is 11.5 Å². The van der Waals surface area contributed by atoms with E-state index < -0.39 is 0 Å². The van der Waals surface area contributed by atoms with Crippen molar-refractivity contribution in [2.45, 2.75) is 27.7 Å².